The summed E-state index contributed by atoms with van der Waals surface area (Å²) in [5, 5.41) is 0. The maximum atomic E-state index is 10.3. The van der Waals surface area contributed by atoms with Crippen LogP contribution in [0.1, 0.15) is 33.4 Å². The molecule has 0 bridgehead atoms. The SMILES string of the molecule is CC(C)Oc1cccc(C(C)(C)N=C=O)n1. The Kier molecular flexibility index (Phi) is 3.80. The highest BCUT2D eigenvalue weighted by molar-refractivity contribution is 5.36. The van der Waals surface area contributed by atoms with Gasteiger partial charge < -0.3 is 4.74 Å². The van der Waals surface area contributed by atoms with Gasteiger partial charge in [-0.3, -0.25) is 0 Å². The van der Waals surface area contributed by atoms with Crippen molar-refractivity contribution in [3.8, 4) is 5.88 Å². The zero-order chi connectivity index (χ0) is 12.2. The van der Waals surface area contributed by atoms with Gasteiger partial charge in [-0.15, -0.1) is 0 Å². The Balaban J connectivity index is 3.02. The van der Waals surface area contributed by atoms with E-state index in [2.05, 4.69) is 9.98 Å². The first-order valence-electron chi connectivity index (χ1n) is 5.19. The first kappa shape index (κ1) is 12.4. The summed E-state index contributed by atoms with van der Waals surface area (Å²) in [4.78, 5) is 18.3. The lowest BCUT2D eigenvalue weighted by Crippen LogP contribution is -2.16. The molecule has 0 aromatic carbocycles. The smallest absolute Gasteiger partial charge is 0.235 e. The first-order chi connectivity index (χ1) is 7.45. The number of carbonyl (C=O) groups excluding carboxylic acids is 1. The van der Waals surface area contributed by atoms with Gasteiger partial charge in [-0.1, -0.05) is 6.07 Å². The van der Waals surface area contributed by atoms with Crippen LogP contribution >= 0.6 is 0 Å². The number of aliphatic imine (C=N–C) groups is 1. The lowest BCUT2D eigenvalue weighted by Gasteiger charge is -2.18. The van der Waals surface area contributed by atoms with E-state index in [-0.39, 0.29) is 6.10 Å². The van der Waals surface area contributed by atoms with Crippen molar-refractivity contribution in [1.82, 2.24) is 4.98 Å². The van der Waals surface area contributed by atoms with E-state index in [4.69, 9.17) is 4.74 Å². The fourth-order valence-electron chi connectivity index (χ4n) is 1.23. The molecule has 1 aromatic heterocycles. The molecule has 16 heavy (non-hydrogen) atoms. The lowest BCUT2D eigenvalue weighted by atomic mass is 10.0. The van der Waals surface area contributed by atoms with Crippen LogP contribution in [0.25, 0.3) is 0 Å². The lowest BCUT2D eigenvalue weighted by molar-refractivity contribution is 0.231. The van der Waals surface area contributed by atoms with Crippen LogP contribution in [0.4, 0.5) is 0 Å². The molecule has 86 valence electrons. The Labute approximate surface area is 95.4 Å². The van der Waals surface area contributed by atoms with Crippen LogP contribution in [-0.2, 0) is 10.3 Å². The fraction of sp³-hybridized carbons (Fsp3) is 0.500. The number of ether oxygens (including phenoxy) is 1. The molecule has 0 aliphatic carbocycles. The predicted molar refractivity (Wildman–Crippen MR) is 61.1 cm³/mol. The summed E-state index contributed by atoms with van der Waals surface area (Å²) in [6.45, 7) is 7.48. The molecule has 0 atom stereocenters. The molecule has 0 saturated carbocycles. The maximum Gasteiger partial charge on any atom is 0.235 e. The van der Waals surface area contributed by atoms with Crippen LogP contribution in [-0.4, -0.2) is 17.2 Å². The second kappa shape index (κ2) is 4.90. The van der Waals surface area contributed by atoms with Crippen LogP contribution in [0.3, 0.4) is 0 Å². The van der Waals surface area contributed by atoms with E-state index >= 15 is 0 Å². The molecule has 0 amide bonds. The summed E-state index contributed by atoms with van der Waals surface area (Å²) >= 11 is 0. The Morgan fingerprint density at radius 3 is 2.69 bits per heavy atom. The van der Waals surface area contributed by atoms with Crippen LogP contribution in [0.5, 0.6) is 5.88 Å². The van der Waals surface area contributed by atoms with Crippen molar-refractivity contribution in [3.05, 3.63) is 23.9 Å². The quantitative estimate of drug-likeness (QED) is 0.578. The minimum absolute atomic E-state index is 0.0698. The molecule has 0 saturated heterocycles. The molecule has 0 aliphatic rings. The molecule has 0 fully saturated rings. The van der Waals surface area contributed by atoms with Gasteiger partial charge in [0, 0.05) is 6.07 Å². The monoisotopic (exact) mass is 220 g/mol. The molecule has 0 radical (unpaired) electrons. The van der Waals surface area contributed by atoms with Crippen molar-refractivity contribution in [2.24, 2.45) is 4.99 Å². The third kappa shape index (κ3) is 3.17. The third-order valence-electron chi connectivity index (χ3n) is 2.03. The van der Waals surface area contributed by atoms with E-state index in [0.29, 0.717) is 11.6 Å². The number of hydrogen-bond donors (Lipinski definition) is 0. The largest absolute Gasteiger partial charge is 0.475 e. The molecule has 0 aliphatic heterocycles. The van der Waals surface area contributed by atoms with Crippen molar-refractivity contribution in [3.63, 3.8) is 0 Å². The van der Waals surface area contributed by atoms with Gasteiger partial charge in [0.05, 0.1) is 11.8 Å². The topological polar surface area (TPSA) is 51.5 Å². The molecular formula is C12H16N2O2. The van der Waals surface area contributed by atoms with Gasteiger partial charge in [-0.05, 0) is 33.8 Å². The second-order valence-electron chi connectivity index (χ2n) is 4.29. The van der Waals surface area contributed by atoms with Gasteiger partial charge in [0.2, 0.25) is 12.0 Å². The van der Waals surface area contributed by atoms with Crippen LogP contribution in [0.2, 0.25) is 0 Å². The van der Waals surface area contributed by atoms with E-state index < -0.39 is 5.54 Å². The molecular weight excluding hydrogens is 204 g/mol. The van der Waals surface area contributed by atoms with E-state index in [1.54, 1.807) is 26.0 Å². The van der Waals surface area contributed by atoms with Crippen molar-refractivity contribution < 1.29 is 9.53 Å². The molecule has 1 aromatic rings. The molecule has 4 heteroatoms. The number of pyridine rings is 1. The number of rotatable bonds is 4. The van der Waals surface area contributed by atoms with Crippen molar-refractivity contribution in [2.45, 2.75) is 39.3 Å². The zero-order valence-electron chi connectivity index (χ0n) is 10.0. The van der Waals surface area contributed by atoms with E-state index in [9.17, 15) is 4.79 Å². The Bertz CT molecular complexity index is 407. The molecule has 1 heterocycles. The summed E-state index contributed by atoms with van der Waals surface area (Å²) < 4.78 is 5.48. The predicted octanol–water partition coefficient (Wildman–Crippen LogP) is 2.44. The van der Waals surface area contributed by atoms with Gasteiger partial charge in [-0.2, -0.15) is 4.99 Å². The van der Waals surface area contributed by atoms with Gasteiger partial charge in [-0.25, -0.2) is 9.78 Å². The highest BCUT2D eigenvalue weighted by atomic mass is 16.5. The van der Waals surface area contributed by atoms with E-state index in [1.807, 2.05) is 26.0 Å². The highest BCUT2D eigenvalue weighted by Gasteiger charge is 2.21. The van der Waals surface area contributed by atoms with Gasteiger partial charge in [0.1, 0.15) is 5.54 Å². The Morgan fingerprint density at radius 2 is 2.12 bits per heavy atom. The summed E-state index contributed by atoms with van der Waals surface area (Å²) in [7, 11) is 0. The van der Waals surface area contributed by atoms with Crippen LogP contribution in [0.15, 0.2) is 23.2 Å². The summed E-state index contributed by atoms with van der Waals surface area (Å²) in [5.41, 5.74) is 0.0203. The summed E-state index contributed by atoms with van der Waals surface area (Å²) in [6, 6.07) is 5.43. The van der Waals surface area contributed by atoms with Crippen molar-refractivity contribution in [1.29, 1.82) is 0 Å². The summed E-state index contributed by atoms with van der Waals surface area (Å²) in [6.07, 6.45) is 1.63. The van der Waals surface area contributed by atoms with Crippen molar-refractivity contribution in [2.75, 3.05) is 0 Å². The summed E-state index contributed by atoms with van der Waals surface area (Å²) in [5.74, 6) is 0.543. The van der Waals surface area contributed by atoms with Crippen molar-refractivity contribution >= 4 is 6.08 Å². The van der Waals surface area contributed by atoms with Gasteiger partial charge >= 0.3 is 0 Å². The van der Waals surface area contributed by atoms with Gasteiger partial charge in [0.25, 0.3) is 0 Å². The number of isocyanates is 1. The molecule has 0 N–H and O–H groups in total. The zero-order valence-corrected chi connectivity index (χ0v) is 10.0. The average Bonchev–Trinajstić information content (AvgIpc) is 2.17. The second-order valence-corrected chi connectivity index (χ2v) is 4.29. The van der Waals surface area contributed by atoms with Gasteiger partial charge in [0.15, 0.2) is 0 Å². The standard InChI is InChI=1S/C12H16N2O2/c1-9(2)16-11-7-5-6-10(14-11)12(3,4)13-8-15/h5-7,9H,1-4H3. The Morgan fingerprint density at radius 1 is 1.44 bits per heavy atom. The number of aromatic nitrogens is 1. The number of hydrogen-bond acceptors (Lipinski definition) is 4. The Hall–Kier alpha value is -1.67. The minimum Gasteiger partial charge on any atom is -0.475 e. The molecule has 0 unspecified atom stereocenters. The van der Waals surface area contributed by atoms with Crippen LogP contribution in [0, 0.1) is 0 Å². The van der Waals surface area contributed by atoms with E-state index in [0.717, 1.165) is 0 Å². The molecule has 1 rings (SSSR count). The highest BCUT2D eigenvalue weighted by Crippen LogP contribution is 2.24. The van der Waals surface area contributed by atoms with E-state index in [1.165, 1.54) is 0 Å². The first-order valence-corrected chi connectivity index (χ1v) is 5.19. The normalized spacial score (nSPS) is 11.1. The van der Waals surface area contributed by atoms with Crippen LogP contribution < -0.4 is 4.74 Å². The molecule has 0 spiro atoms. The average molecular weight is 220 g/mol. The fourth-order valence-corrected chi connectivity index (χ4v) is 1.23. The molecule has 4 nitrogen and oxygen atoms in total. The minimum atomic E-state index is -0.669. The maximum absolute atomic E-state index is 10.3. The third-order valence-corrected chi connectivity index (χ3v) is 2.03. The number of nitrogens with zero attached hydrogens (tertiary/aromatic N) is 2.